The van der Waals surface area contributed by atoms with Gasteiger partial charge in [0.25, 0.3) is 0 Å². The van der Waals surface area contributed by atoms with Crippen molar-refractivity contribution in [3.63, 3.8) is 0 Å². The normalized spacial score (nSPS) is 11.7. The zero-order chi connectivity index (χ0) is 16.8. The van der Waals surface area contributed by atoms with Crippen LogP contribution in [0.2, 0.25) is 5.15 Å². The van der Waals surface area contributed by atoms with Gasteiger partial charge in [-0.25, -0.2) is 9.97 Å². The minimum atomic E-state index is -0.780. The summed E-state index contributed by atoms with van der Waals surface area (Å²) in [4.78, 5) is 8.01. The summed E-state index contributed by atoms with van der Waals surface area (Å²) < 4.78 is 10.4. The number of nitrogens with zero attached hydrogens (tertiary/aromatic N) is 2. The fourth-order valence-electron chi connectivity index (χ4n) is 2.05. The molecule has 7 nitrogen and oxygen atoms in total. The van der Waals surface area contributed by atoms with Crippen LogP contribution >= 0.6 is 11.6 Å². The summed E-state index contributed by atoms with van der Waals surface area (Å²) in [7, 11) is 4.84. The molecule has 8 heteroatoms. The van der Waals surface area contributed by atoms with Crippen molar-refractivity contribution >= 4 is 23.1 Å². The number of aliphatic hydroxyl groups excluding tert-OH is 1. The van der Waals surface area contributed by atoms with Gasteiger partial charge in [0.05, 0.1) is 20.3 Å². The fourth-order valence-corrected chi connectivity index (χ4v) is 2.28. The van der Waals surface area contributed by atoms with Crippen molar-refractivity contribution < 1.29 is 14.6 Å². The number of hydrogen-bond donors (Lipinski definition) is 3. The lowest BCUT2D eigenvalue weighted by molar-refractivity contribution is 0.190. The second-order valence-electron chi connectivity index (χ2n) is 4.68. The lowest BCUT2D eigenvalue weighted by atomic mass is 10.1. The molecule has 23 heavy (non-hydrogen) atoms. The van der Waals surface area contributed by atoms with Gasteiger partial charge in [-0.3, -0.25) is 0 Å². The molecular weight excluding hydrogens is 320 g/mol. The van der Waals surface area contributed by atoms with Crippen LogP contribution in [0.3, 0.4) is 0 Å². The van der Waals surface area contributed by atoms with Gasteiger partial charge in [0.1, 0.15) is 23.5 Å². The van der Waals surface area contributed by atoms with Crippen molar-refractivity contribution in [3.05, 3.63) is 35.2 Å². The van der Waals surface area contributed by atoms with Gasteiger partial charge < -0.3 is 25.2 Å². The summed E-state index contributed by atoms with van der Waals surface area (Å²) >= 11 is 5.99. The van der Waals surface area contributed by atoms with Crippen LogP contribution in [0.15, 0.2) is 24.5 Å². The predicted octanol–water partition coefficient (Wildman–Crippen LogP) is 2.33. The van der Waals surface area contributed by atoms with Crippen molar-refractivity contribution in [1.29, 1.82) is 0 Å². The zero-order valence-corrected chi connectivity index (χ0v) is 13.9. The minimum absolute atomic E-state index is 0.234. The summed E-state index contributed by atoms with van der Waals surface area (Å²) in [6.45, 7) is 0.234. The Morgan fingerprint density at radius 3 is 2.39 bits per heavy atom. The third-order valence-electron chi connectivity index (χ3n) is 3.27. The van der Waals surface area contributed by atoms with Gasteiger partial charge in [-0.05, 0) is 17.7 Å². The van der Waals surface area contributed by atoms with Crippen LogP contribution in [0.5, 0.6) is 11.5 Å². The summed E-state index contributed by atoms with van der Waals surface area (Å²) in [6.07, 6.45) is 0.573. The van der Waals surface area contributed by atoms with E-state index in [1.807, 2.05) is 0 Å². The lowest BCUT2D eigenvalue weighted by Gasteiger charge is -2.16. The first kappa shape index (κ1) is 17.1. The Balaban J connectivity index is 2.14. The van der Waals surface area contributed by atoms with E-state index in [0.717, 1.165) is 0 Å². The summed E-state index contributed by atoms with van der Waals surface area (Å²) in [5, 5.41) is 16.7. The highest BCUT2D eigenvalue weighted by molar-refractivity contribution is 6.32. The second kappa shape index (κ2) is 7.85. The predicted molar refractivity (Wildman–Crippen MR) is 89.6 cm³/mol. The molecule has 0 radical (unpaired) electrons. The molecule has 0 bridgehead atoms. The molecule has 0 saturated carbocycles. The Morgan fingerprint density at radius 1 is 1.17 bits per heavy atom. The SMILES string of the molecule is CNc1c(Cl)ncnc1NCC(O)c1cc(OC)cc(OC)c1. The second-order valence-corrected chi connectivity index (χ2v) is 5.04. The molecule has 0 spiro atoms. The first-order chi connectivity index (χ1) is 11.1. The van der Waals surface area contributed by atoms with Crippen molar-refractivity contribution in [2.24, 2.45) is 0 Å². The maximum atomic E-state index is 10.4. The number of aliphatic hydroxyl groups is 1. The number of rotatable bonds is 7. The van der Waals surface area contributed by atoms with Crippen molar-refractivity contribution in [1.82, 2.24) is 9.97 Å². The van der Waals surface area contributed by atoms with E-state index in [-0.39, 0.29) is 6.54 Å². The summed E-state index contributed by atoms with van der Waals surface area (Å²) in [5.74, 6) is 1.74. The Labute approximate surface area is 139 Å². The third kappa shape index (κ3) is 4.14. The van der Waals surface area contributed by atoms with Gasteiger partial charge in [-0.15, -0.1) is 0 Å². The number of benzene rings is 1. The van der Waals surface area contributed by atoms with Crippen LogP contribution in [-0.4, -0.2) is 42.9 Å². The molecule has 0 aliphatic heterocycles. The lowest BCUT2D eigenvalue weighted by Crippen LogP contribution is -2.14. The topological polar surface area (TPSA) is 88.5 Å². The monoisotopic (exact) mass is 338 g/mol. The highest BCUT2D eigenvalue weighted by atomic mass is 35.5. The van der Waals surface area contributed by atoms with Gasteiger partial charge in [-0.1, -0.05) is 11.6 Å². The number of methoxy groups -OCH3 is 2. The molecule has 2 aromatic rings. The van der Waals surface area contributed by atoms with E-state index in [1.54, 1.807) is 39.5 Å². The molecule has 1 unspecified atom stereocenters. The van der Waals surface area contributed by atoms with Crippen molar-refractivity contribution in [2.45, 2.75) is 6.10 Å². The van der Waals surface area contributed by atoms with Crippen LogP contribution in [-0.2, 0) is 0 Å². The van der Waals surface area contributed by atoms with E-state index in [4.69, 9.17) is 21.1 Å². The molecule has 124 valence electrons. The quantitative estimate of drug-likeness (QED) is 0.668. The maximum Gasteiger partial charge on any atom is 0.157 e. The van der Waals surface area contributed by atoms with Crippen molar-refractivity contribution in [3.8, 4) is 11.5 Å². The van der Waals surface area contributed by atoms with Crippen LogP contribution in [0, 0.1) is 0 Å². The number of anilines is 2. The van der Waals surface area contributed by atoms with Gasteiger partial charge in [-0.2, -0.15) is 0 Å². The first-order valence-electron chi connectivity index (χ1n) is 6.92. The first-order valence-corrected chi connectivity index (χ1v) is 7.30. The fraction of sp³-hybridized carbons (Fsp3) is 0.333. The molecule has 1 aromatic heterocycles. The van der Waals surface area contributed by atoms with E-state index in [9.17, 15) is 5.11 Å². The summed E-state index contributed by atoms with van der Waals surface area (Å²) in [5.41, 5.74) is 1.24. The standard InChI is InChI=1S/C15H19ClN4O3/c1-17-13-14(16)19-8-20-15(13)18-7-12(21)9-4-10(22-2)6-11(5-9)23-3/h4-6,8,12,17,21H,7H2,1-3H3,(H,18,19,20). The molecule has 1 heterocycles. The number of halogens is 1. The number of aromatic nitrogens is 2. The molecule has 3 N–H and O–H groups in total. The molecule has 2 rings (SSSR count). The zero-order valence-electron chi connectivity index (χ0n) is 13.1. The number of hydrogen-bond acceptors (Lipinski definition) is 7. The van der Waals surface area contributed by atoms with E-state index in [0.29, 0.717) is 33.7 Å². The maximum absolute atomic E-state index is 10.4. The van der Waals surface area contributed by atoms with Gasteiger partial charge in [0, 0.05) is 19.7 Å². The van der Waals surface area contributed by atoms with Crippen molar-refractivity contribution in [2.75, 3.05) is 38.4 Å². The minimum Gasteiger partial charge on any atom is -0.497 e. The molecule has 1 atom stereocenters. The molecule has 0 amide bonds. The molecule has 0 saturated heterocycles. The van der Waals surface area contributed by atoms with E-state index in [1.165, 1.54) is 6.33 Å². The Bertz CT molecular complexity index is 647. The largest absolute Gasteiger partial charge is 0.497 e. The molecule has 0 fully saturated rings. The van der Waals surface area contributed by atoms with Crippen LogP contribution < -0.4 is 20.1 Å². The summed E-state index contributed by atoms with van der Waals surface area (Å²) in [6, 6.07) is 5.24. The Morgan fingerprint density at radius 2 is 1.83 bits per heavy atom. The number of nitrogens with one attached hydrogen (secondary N) is 2. The van der Waals surface area contributed by atoms with E-state index in [2.05, 4.69) is 20.6 Å². The van der Waals surface area contributed by atoms with Crippen LogP contribution in [0.1, 0.15) is 11.7 Å². The van der Waals surface area contributed by atoms with Crippen LogP contribution in [0.4, 0.5) is 11.5 Å². The molecule has 0 aliphatic rings. The Kier molecular flexibility index (Phi) is 5.84. The van der Waals surface area contributed by atoms with Gasteiger partial charge in [0.2, 0.25) is 0 Å². The van der Waals surface area contributed by atoms with Gasteiger partial charge >= 0.3 is 0 Å². The number of ether oxygens (including phenoxy) is 2. The average molecular weight is 339 g/mol. The van der Waals surface area contributed by atoms with Gasteiger partial charge in [0.15, 0.2) is 11.0 Å². The van der Waals surface area contributed by atoms with E-state index >= 15 is 0 Å². The smallest absolute Gasteiger partial charge is 0.157 e. The highest BCUT2D eigenvalue weighted by Crippen LogP contribution is 2.28. The van der Waals surface area contributed by atoms with Crippen LogP contribution in [0.25, 0.3) is 0 Å². The average Bonchev–Trinajstić information content (AvgIpc) is 2.59. The highest BCUT2D eigenvalue weighted by Gasteiger charge is 2.13. The third-order valence-corrected chi connectivity index (χ3v) is 3.56. The molecule has 0 aliphatic carbocycles. The molecule has 1 aromatic carbocycles. The Hall–Kier alpha value is -2.25. The molecular formula is C15H19ClN4O3. The van der Waals surface area contributed by atoms with E-state index < -0.39 is 6.10 Å².